The average molecular weight is 370 g/mol. The van der Waals surface area contributed by atoms with Crippen molar-refractivity contribution in [2.75, 3.05) is 44.3 Å². The van der Waals surface area contributed by atoms with Crippen molar-refractivity contribution >= 4 is 5.69 Å². The van der Waals surface area contributed by atoms with E-state index < -0.39 is 6.10 Å². The lowest BCUT2D eigenvalue weighted by atomic mass is 10.0. The van der Waals surface area contributed by atoms with Gasteiger partial charge in [-0.3, -0.25) is 4.90 Å². The number of para-hydroxylation sites is 1. The summed E-state index contributed by atoms with van der Waals surface area (Å²) < 4.78 is 25.3. The van der Waals surface area contributed by atoms with Gasteiger partial charge < -0.3 is 19.5 Å². The van der Waals surface area contributed by atoms with Crippen molar-refractivity contribution in [2.24, 2.45) is 0 Å². The Hall–Kier alpha value is -2.31. The topological polar surface area (TPSA) is 45.2 Å². The normalized spacial score (nSPS) is 24.7. The minimum Gasteiger partial charge on any atom is -0.486 e. The van der Waals surface area contributed by atoms with E-state index in [2.05, 4.69) is 15.9 Å². The lowest BCUT2D eigenvalue weighted by molar-refractivity contribution is 0.0572. The van der Waals surface area contributed by atoms with E-state index in [4.69, 9.17) is 9.47 Å². The van der Waals surface area contributed by atoms with Crippen molar-refractivity contribution in [1.82, 2.24) is 4.90 Å². The van der Waals surface area contributed by atoms with Crippen molar-refractivity contribution < 1.29 is 19.0 Å². The number of rotatable bonds is 2. The van der Waals surface area contributed by atoms with Crippen LogP contribution in [0.1, 0.15) is 17.2 Å². The van der Waals surface area contributed by atoms with Crippen LogP contribution in [0.3, 0.4) is 0 Å². The molecule has 2 heterocycles. The second kappa shape index (κ2) is 6.69. The summed E-state index contributed by atoms with van der Waals surface area (Å²) in [6.07, 6.45) is 0.118. The number of aliphatic hydroxyl groups is 1. The Labute approximate surface area is 157 Å². The molecule has 2 aromatic rings. The fourth-order valence-electron chi connectivity index (χ4n) is 4.56. The molecular weight excluding hydrogens is 347 g/mol. The zero-order valence-corrected chi connectivity index (χ0v) is 15.1. The zero-order chi connectivity index (χ0) is 18.4. The highest BCUT2D eigenvalue weighted by atomic mass is 19.1. The molecule has 2 aromatic carbocycles. The summed E-state index contributed by atoms with van der Waals surface area (Å²) in [5.74, 6) is 1.39. The van der Waals surface area contributed by atoms with Gasteiger partial charge in [0.15, 0.2) is 11.5 Å². The van der Waals surface area contributed by atoms with Gasteiger partial charge in [-0.25, -0.2) is 4.39 Å². The maximum Gasteiger partial charge on any atom is 0.184 e. The number of anilines is 1. The molecule has 2 aliphatic heterocycles. The molecule has 1 saturated heterocycles. The number of ether oxygens (including phenoxy) is 2. The van der Waals surface area contributed by atoms with E-state index in [-0.39, 0.29) is 11.9 Å². The summed E-state index contributed by atoms with van der Waals surface area (Å²) in [7, 11) is 0. The van der Waals surface area contributed by atoms with Gasteiger partial charge in [-0.05, 0) is 35.4 Å². The van der Waals surface area contributed by atoms with Crippen LogP contribution >= 0.6 is 0 Å². The molecule has 0 unspecified atom stereocenters. The molecule has 1 aliphatic carbocycles. The number of hydrogen-bond donors (Lipinski definition) is 1. The van der Waals surface area contributed by atoms with Crippen molar-refractivity contribution in [1.29, 1.82) is 0 Å². The first-order valence-corrected chi connectivity index (χ1v) is 9.55. The van der Waals surface area contributed by atoms with Crippen molar-refractivity contribution in [3.05, 3.63) is 53.3 Å². The van der Waals surface area contributed by atoms with E-state index in [0.717, 1.165) is 54.5 Å². The van der Waals surface area contributed by atoms with Crippen LogP contribution < -0.4 is 14.4 Å². The van der Waals surface area contributed by atoms with Gasteiger partial charge in [-0.15, -0.1) is 0 Å². The number of aliphatic hydroxyl groups excluding tert-OH is 1. The van der Waals surface area contributed by atoms with Crippen molar-refractivity contribution in [3.8, 4) is 11.5 Å². The Bertz CT molecular complexity index is 851. The molecule has 2 atom stereocenters. The number of piperazine rings is 1. The number of hydrogen-bond acceptors (Lipinski definition) is 5. The highest BCUT2D eigenvalue weighted by molar-refractivity contribution is 5.65. The summed E-state index contributed by atoms with van der Waals surface area (Å²) in [6.45, 7) is 4.42. The third-order valence-corrected chi connectivity index (χ3v) is 5.81. The van der Waals surface area contributed by atoms with E-state index in [1.807, 2.05) is 12.1 Å². The molecule has 0 saturated carbocycles. The number of nitrogens with zero attached hydrogens (tertiary/aromatic N) is 2. The monoisotopic (exact) mass is 370 g/mol. The Kier molecular flexibility index (Phi) is 4.17. The van der Waals surface area contributed by atoms with Crippen LogP contribution in [0.15, 0.2) is 36.4 Å². The Morgan fingerprint density at radius 2 is 1.81 bits per heavy atom. The van der Waals surface area contributed by atoms with Gasteiger partial charge in [-0.2, -0.15) is 0 Å². The third kappa shape index (κ3) is 2.93. The molecule has 3 aliphatic rings. The highest BCUT2D eigenvalue weighted by Gasteiger charge is 2.37. The molecular formula is C21H23FN2O3. The van der Waals surface area contributed by atoms with Crippen LogP contribution in [0.2, 0.25) is 0 Å². The van der Waals surface area contributed by atoms with E-state index in [9.17, 15) is 9.50 Å². The fraction of sp³-hybridized carbons (Fsp3) is 0.429. The Balaban J connectivity index is 1.34. The lowest BCUT2D eigenvalue weighted by Crippen LogP contribution is -2.49. The molecule has 27 heavy (non-hydrogen) atoms. The van der Waals surface area contributed by atoms with E-state index in [0.29, 0.717) is 19.6 Å². The van der Waals surface area contributed by atoms with Crippen LogP contribution in [0.25, 0.3) is 0 Å². The third-order valence-electron chi connectivity index (χ3n) is 5.81. The SMILES string of the molecule is O[C@@H]1Cc2ccc(F)cc2[C@H]1N1CCN(c2cccc3c2OCCO3)CC1. The van der Waals surface area contributed by atoms with Gasteiger partial charge in [0.05, 0.1) is 17.8 Å². The summed E-state index contributed by atoms with van der Waals surface area (Å²) in [4.78, 5) is 4.58. The van der Waals surface area contributed by atoms with E-state index >= 15 is 0 Å². The quantitative estimate of drug-likeness (QED) is 0.880. The molecule has 1 N–H and O–H groups in total. The summed E-state index contributed by atoms with van der Waals surface area (Å²) in [5, 5.41) is 10.6. The van der Waals surface area contributed by atoms with Crippen LogP contribution in [0, 0.1) is 5.82 Å². The molecule has 5 nitrogen and oxygen atoms in total. The molecule has 0 spiro atoms. The summed E-state index contributed by atoms with van der Waals surface area (Å²) in [5.41, 5.74) is 3.05. The van der Waals surface area contributed by atoms with Gasteiger partial charge in [-0.1, -0.05) is 12.1 Å². The van der Waals surface area contributed by atoms with Gasteiger partial charge >= 0.3 is 0 Å². The second-order valence-electron chi connectivity index (χ2n) is 7.38. The first kappa shape index (κ1) is 16.8. The smallest absolute Gasteiger partial charge is 0.184 e. The van der Waals surface area contributed by atoms with Crippen molar-refractivity contribution in [3.63, 3.8) is 0 Å². The maximum absolute atomic E-state index is 13.7. The minimum absolute atomic E-state index is 0.123. The summed E-state index contributed by atoms with van der Waals surface area (Å²) in [6, 6.07) is 10.7. The molecule has 0 bridgehead atoms. The van der Waals surface area contributed by atoms with Gasteiger partial charge in [0, 0.05) is 32.6 Å². The first-order chi connectivity index (χ1) is 13.2. The van der Waals surface area contributed by atoms with Gasteiger partial charge in [0.25, 0.3) is 0 Å². The van der Waals surface area contributed by atoms with Crippen LogP contribution in [0.5, 0.6) is 11.5 Å². The molecule has 142 valence electrons. The predicted octanol–water partition coefficient (Wildman–Crippen LogP) is 2.38. The number of benzene rings is 2. The second-order valence-corrected chi connectivity index (χ2v) is 7.38. The average Bonchev–Trinajstić information content (AvgIpc) is 3.02. The molecule has 0 amide bonds. The molecule has 1 fully saturated rings. The van der Waals surface area contributed by atoms with Crippen LogP contribution in [-0.4, -0.2) is 55.5 Å². The van der Waals surface area contributed by atoms with Crippen LogP contribution in [0.4, 0.5) is 10.1 Å². The molecule has 5 rings (SSSR count). The fourth-order valence-corrected chi connectivity index (χ4v) is 4.56. The Morgan fingerprint density at radius 3 is 2.67 bits per heavy atom. The number of halogens is 1. The predicted molar refractivity (Wildman–Crippen MR) is 100 cm³/mol. The minimum atomic E-state index is -0.477. The molecule has 0 radical (unpaired) electrons. The first-order valence-electron chi connectivity index (χ1n) is 9.55. The standard InChI is InChI=1S/C21H23FN2O3/c22-15-5-4-14-12-18(25)20(16(14)13-15)24-8-6-23(7-9-24)17-2-1-3-19-21(17)27-11-10-26-19/h1-5,13,18,20,25H,6-12H2/t18-,20-/m1/s1. The molecule has 0 aromatic heterocycles. The van der Waals surface area contributed by atoms with Crippen molar-refractivity contribution in [2.45, 2.75) is 18.6 Å². The number of fused-ring (bicyclic) bond motifs is 2. The molecule has 6 heteroatoms. The van der Waals surface area contributed by atoms with E-state index in [1.165, 1.54) is 6.07 Å². The Morgan fingerprint density at radius 1 is 1.00 bits per heavy atom. The maximum atomic E-state index is 13.7. The lowest BCUT2D eigenvalue weighted by Gasteiger charge is -2.41. The van der Waals surface area contributed by atoms with Gasteiger partial charge in [0.2, 0.25) is 0 Å². The van der Waals surface area contributed by atoms with E-state index in [1.54, 1.807) is 12.1 Å². The highest BCUT2D eigenvalue weighted by Crippen LogP contribution is 2.41. The zero-order valence-electron chi connectivity index (χ0n) is 15.1. The van der Waals surface area contributed by atoms with Crippen LogP contribution in [-0.2, 0) is 6.42 Å². The summed E-state index contributed by atoms with van der Waals surface area (Å²) >= 11 is 0. The van der Waals surface area contributed by atoms with Gasteiger partial charge in [0.1, 0.15) is 19.0 Å². The largest absolute Gasteiger partial charge is 0.486 e.